The first-order valence-corrected chi connectivity index (χ1v) is 10.8. The molecule has 8 heteroatoms. The molecule has 1 aliphatic heterocycles. The van der Waals surface area contributed by atoms with Crippen molar-refractivity contribution in [1.29, 1.82) is 0 Å². The van der Waals surface area contributed by atoms with Crippen LogP contribution >= 0.6 is 11.3 Å². The highest BCUT2D eigenvalue weighted by molar-refractivity contribution is 7.16. The van der Waals surface area contributed by atoms with Crippen LogP contribution in [0.4, 0.5) is 4.79 Å². The van der Waals surface area contributed by atoms with Crippen molar-refractivity contribution in [2.45, 2.75) is 43.9 Å². The van der Waals surface area contributed by atoms with Crippen LogP contribution in [0.25, 0.3) is 10.2 Å². The normalized spacial score (nSPS) is 22.8. The molecule has 1 saturated heterocycles. The van der Waals surface area contributed by atoms with Gasteiger partial charge in [-0.3, -0.25) is 0 Å². The number of amides is 2. The largest absolute Gasteiger partial charge is 0.484 e. The van der Waals surface area contributed by atoms with Crippen LogP contribution in [-0.2, 0) is 9.47 Å². The molecule has 2 amide bonds. The number of ether oxygens (including phenoxy) is 3. The molecule has 1 aliphatic carbocycles. The van der Waals surface area contributed by atoms with Crippen LogP contribution in [0, 0.1) is 0 Å². The fourth-order valence-electron chi connectivity index (χ4n) is 3.75. The van der Waals surface area contributed by atoms with Crippen molar-refractivity contribution in [3.05, 3.63) is 23.7 Å². The van der Waals surface area contributed by atoms with Crippen LogP contribution in [0.5, 0.6) is 5.75 Å². The molecule has 152 valence electrons. The van der Waals surface area contributed by atoms with E-state index < -0.39 is 0 Å². The number of thiazole rings is 1. The first kappa shape index (κ1) is 19.4. The Hall–Kier alpha value is -1.90. The van der Waals surface area contributed by atoms with Crippen LogP contribution in [0.2, 0.25) is 0 Å². The molecule has 1 aromatic carbocycles. The fourth-order valence-corrected chi connectivity index (χ4v) is 4.45. The fraction of sp³-hybridized carbons (Fsp3) is 0.600. The lowest BCUT2D eigenvalue weighted by Crippen LogP contribution is -2.60. The molecule has 2 aromatic rings. The quantitative estimate of drug-likeness (QED) is 0.717. The Morgan fingerprint density at radius 3 is 2.82 bits per heavy atom. The monoisotopic (exact) mass is 405 g/mol. The van der Waals surface area contributed by atoms with E-state index in [0.29, 0.717) is 32.4 Å². The molecule has 1 saturated carbocycles. The Labute approximate surface area is 169 Å². The van der Waals surface area contributed by atoms with Gasteiger partial charge >= 0.3 is 6.03 Å². The average Bonchev–Trinajstić information content (AvgIpc) is 3.15. The predicted molar refractivity (Wildman–Crippen MR) is 108 cm³/mol. The number of carbonyl (C=O) groups excluding carboxylic acids is 1. The molecule has 0 spiro atoms. The van der Waals surface area contributed by atoms with Crippen molar-refractivity contribution in [2.24, 2.45) is 0 Å². The first-order chi connectivity index (χ1) is 13.7. The molecule has 7 nitrogen and oxygen atoms in total. The SMILES string of the molecule is COCCOC1CCC(NC(=O)N2CC(Oc3cccc4scnc34)C2)CC1. The van der Waals surface area contributed by atoms with E-state index in [2.05, 4.69) is 10.3 Å². The van der Waals surface area contributed by atoms with Crippen molar-refractivity contribution in [3.8, 4) is 5.75 Å². The lowest BCUT2D eigenvalue weighted by molar-refractivity contribution is -0.00472. The summed E-state index contributed by atoms with van der Waals surface area (Å²) >= 11 is 1.60. The standard InChI is InChI=1S/C20H27N3O4S/c1-25-9-10-26-15-7-5-14(6-8-15)22-20(24)23-11-16(12-23)27-17-3-2-4-18-19(17)21-13-28-18/h2-4,13-16H,5-12H2,1H3,(H,22,24). The van der Waals surface area contributed by atoms with E-state index in [-0.39, 0.29) is 18.2 Å². The number of likely N-dealkylation sites (tertiary alicyclic amines) is 1. The van der Waals surface area contributed by atoms with E-state index in [1.54, 1.807) is 18.4 Å². The molecular formula is C20H27N3O4S. The Kier molecular flexibility index (Phi) is 6.29. The molecule has 2 heterocycles. The van der Waals surface area contributed by atoms with Crippen LogP contribution in [-0.4, -0.2) is 67.6 Å². The summed E-state index contributed by atoms with van der Waals surface area (Å²) < 4.78 is 18.0. The van der Waals surface area contributed by atoms with E-state index in [1.165, 1.54) is 0 Å². The number of fused-ring (bicyclic) bond motifs is 1. The third-order valence-corrected chi connectivity index (χ3v) is 6.19. The third kappa shape index (κ3) is 4.56. The molecule has 2 aliphatic rings. The zero-order valence-electron chi connectivity index (χ0n) is 16.1. The minimum atomic E-state index is 0.00969. The van der Waals surface area contributed by atoms with Crippen molar-refractivity contribution >= 4 is 27.6 Å². The zero-order chi connectivity index (χ0) is 19.3. The summed E-state index contributed by atoms with van der Waals surface area (Å²) in [6.07, 6.45) is 4.21. The van der Waals surface area contributed by atoms with Gasteiger partial charge in [-0.1, -0.05) is 6.07 Å². The molecule has 0 bridgehead atoms. The van der Waals surface area contributed by atoms with Gasteiger partial charge in [0.15, 0.2) is 0 Å². The van der Waals surface area contributed by atoms with Gasteiger partial charge in [0, 0.05) is 13.2 Å². The van der Waals surface area contributed by atoms with Crippen molar-refractivity contribution in [1.82, 2.24) is 15.2 Å². The first-order valence-electron chi connectivity index (χ1n) is 9.88. The number of hydrogen-bond donors (Lipinski definition) is 1. The number of para-hydroxylation sites is 1. The van der Waals surface area contributed by atoms with E-state index in [1.807, 2.05) is 28.6 Å². The van der Waals surface area contributed by atoms with Gasteiger partial charge in [0.2, 0.25) is 0 Å². The average molecular weight is 406 g/mol. The second-order valence-electron chi connectivity index (χ2n) is 7.39. The second kappa shape index (κ2) is 9.07. The van der Waals surface area contributed by atoms with E-state index in [4.69, 9.17) is 14.2 Å². The number of carbonyl (C=O) groups is 1. The predicted octanol–water partition coefficient (Wildman–Crippen LogP) is 3.04. The number of rotatable bonds is 7. The molecular weight excluding hydrogens is 378 g/mol. The molecule has 0 atom stereocenters. The molecule has 28 heavy (non-hydrogen) atoms. The second-order valence-corrected chi connectivity index (χ2v) is 8.27. The number of methoxy groups -OCH3 is 1. The van der Waals surface area contributed by atoms with Gasteiger partial charge in [-0.15, -0.1) is 11.3 Å². The Bertz CT molecular complexity index is 785. The van der Waals surface area contributed by atoms with Crippen LogP contribution < -0.4 is 10.1 Å². The maximum absolute atomic E-state index is 12.5. The minimum absolute atomic E-state index is 0.00969. The maximum Gasteiger partial charge on any atom is 0.317 e. The zero-order valence-corrected chi connectivity index (χ0v) is 17.0. The summed E-state index contributed by atoms with van der Waals surface area (Å²) in [5.74, 6) is 0.801. The van der Waals surface area contributed by atoms with Crippen LogP contribution in [0.1, 0.15) is 25.7 Å². The van der Waals surface area contributed by atoms with E-state index in [9.17, 15) is 4.79 Å². The topological polar surface area (TPSA) is 72.9 Å². The summed E-state index contributed by atoms with van der Waals surface area (Å²) in [4.78, 5) is 18.6. The van der Waals surface area contributed by atoms with Gasteiger partial charge in [0.05, 0.1) is 42.6 Å². The smallest absolute Gasteiger partial charge is 0.317 e. The molecule has 1 aromatic heterocycles. The number of aromatic nitrogens is 1. The van der Waals surface area contributed by atoms with Gasteiger partial charge in [0.25, 0.3) is 0 Å². The molecule has 1 N–H and O–H groups in total. The van der Waals surface area contributed by atoms with Gasteiger partial charge in [-0.25, -0.2) is 9.78 Å². The lowest BCUT2D eigenvalue weighted by Gasteiger charge is -2.40. The summed E-state index contributed by atoms with van der Waals surface area (Å²) in [5, 5.41) is 3.16. The maximum atomic E-state index is 12.5. The third-order valence-electron chi connectivity index (χ3n) is 5.40. The number of nitrogens with one attached hydrogen (secondary N) is 1. The van der Waals surface area contributed by atoms with Crippen LogP contribution in [0.3, 0.4) is 0 Å². The number of nitrogens with zero attached hydrogens (tertiary/aromatic N) is 2. The lowest BCUT2D eigenvalue weighted by atomic mass is 9.93. The highest BCUT2D eigenvalue weighted by Crippen LogP contribution is 2.29. The Morgan fingerprint density at radius 1 is 1.21 bits per heavy atom. The number of hydrogen-bond acceptors (Lipinski definition) is 6. The van der Waals surface area contributed by atoms with Gasteiger partial charge < -0.3 is 24.4 Å². The number of benzene rings is 1. The number of urea groups is 1. The van der Waals surface area contributed by atoms with E-state index in [0.717, 1.165) is 41.6 Å². The van der Waals surface area contributed by atoms with Crippen molar-refractivity contribution in [2.75, 3.05) is 33.4 Å². The summed E-state index contributed by atoms with van der Waals surface area (Å²) in [7, 11) is 1.68. The molecule has 4 rings (SSSR count). The Balaban J connectivity index is 1.17. The van der Waals surface area contributed by atoms with E-state index >= 15 is 0 Å². The summed E-state index contributed by atoms with van der Waals surface area (Å²) in [6.45, 7) is 2.50. The molecule has 0 unspecified atom stereocenters. The molecule has 2 fully saturated rings. The summed E-state index contributed by atoms with van der Waals surface area (Å²) in [5.41, 5.74) is 2.73. The Morgan fingerprint density at radius 2 is 2.04 bits per heavy atom. The van der Waals surface area contributed by atoms with Gasteiger partial charge in [-0.2, -0.15) is 0 Å². The van der Waals surface area contributed by atoms with Crippen molar-refractivity contribution in [3.63, 3.8) is 0 Å². The van der Waals surface area contributed by atoms with Gasteiger partial charge in [-0.05, 0) is 37.8 Å². The highest BCUT2D eigenvalue weighted by atomic mass is 32.1. The summed E-state index contributed by atoms with van der Waals surface area (Å²) in [6, 6.07) is 6.21. The highest BCUT2D eigenvalue weighted by Gasteiger charge is 2.34. The van der Waals surface area contributed by atoms with Crippen LogP contribution in [0.15, 0.2) is 23.7 Å². The van der Waals surface area contributed by atoms with Crippen molar-refractivity contribution < 1.29 is 19.0 Å². The molecule has 0 radical (unpaired) electrons. The van der Waals surface area contributed by atoms with Gasteiger partial charge in [0.1, 0.15) is 17.4 Å². The minimum Gasteiger partial charge on any atom is -0.484 e.